The third-order valence-corrected chi connectivity index (χ3v) is 5.03. The number of aromatic amines is 1. The molecule has 0 saturated heterocycles. The molecule has 5 nitrogen and oxygen atoms in total. The summed E-state index contributed by atoms with van der Waals surface area (Å²) in [4.78, 5) is 14.1. The number of hydrogen-bond acceptors (Lipinski definition) is 3. The van der Waals surface area contributed by atoms with Crippen LogP contribution in [0, 0.1) is 5.92 Å². The lowest BCUT2D eigenvalue weighted by Crippen LogP contribution is -2.38. The molecular weight excluding hydrogens is 342 g/mol. The number of imidazole rings is 1. The van der Waals surface area contributed by atoms with Crippen molar-refractivity contribution in [2.45, 2.75) is 26.7 Å². The number of para-hydroxylation sites is 2. The van der Waals surface area contributed by atoms with Crippen LogP contribution in [0.2, 0.25) is 0 Å². The van der Waals surface area contributed by atoms with Crippen LogP contribution in [-0.2, 0) is 12.8 Å². The molecule has 26 heavy (non-hydrogen) atoms. The predicted octanol–water partition coefficient (Wildman–Crippen LogP) is 3.60. The first kappa shape index (κ1) is 18.5. The van der Waals surface area contributed by atoms with Gasteiger partial charge in [-0.1, -0.05) is 25.1 Å². The first-order valence-corrected chi connectivity index (χ1v) is 10.1. The molecule has 6 heteroatoms. The summed E-state index contributed by atoms with van der Waals surface area (Å²) < 4.78 is 0. The van der Waals surface area contributed by atoms with Gasteiger partial charge in [-0.3, -0.25) is 4.99 Å². The van der Waals surface area contributed by atoms with Gasteiger partial charge in [-0.15, -0.1) is 11.3 Å². The molecule has 1 unspecified atom stereocenters. The molecule has 1 aromatic carbocycles. The average Bonchev–Trinajstić information content (AvgIpc) is 3.28. The van der Waals surface area contributed by atoms with E-state index in [9.17, 15) is 0 Å². The Morgan fingerprint density at radius 2 is 2.12 bits per heavy atom. The van der Waals surface area contributed by atoms with Crippen LogP contribution >= 0.6 is 11.3 Å². The monoisotopic (exact) mass is 369 g/mol. The molecule has 0 amide bonds. The van der Waals surface area contributed by atoms with E-state index in [1.807, 2.05) is 29.5 Å². The third kappa shape index (κ3) is 5.33. The van der Waals surface area contributed by atoms with Crippen molar-refractivity contribution in [1.29, 1.82) is 0 Å². The summed E-state index contributed by atoms with van der Waals surface area (Å²) in [5.74, 6) is 2.40. The summed E-state index contributed by atoms with van der Waals surface area (Å²) in [7, 11) is 0. The van der Waals surface area contributed by atoms with Crippen molar-refractivity contribution < 1.29 is 0 Å². The number of aromatic nitrogens is 2. The second kappa shape index (κ2) is 9.38. The Labute approximate surface area is 159 Å². The Kier molecular flexibility index (Phi) is 6.66. The molecule has 2 heterocycles. The Bertz CT molecular complexity index is 789. The van der Waals surface area contributed by atoms with E-state index in [4.69, 9.17) is 4.99 Å². The Hall–Kier alpha value is -2.34. The number of nitrogens with one attached hydrogen (secondary N) is 3. The SMILES string of the molecule is CCNC(=NCC(C)Cc1cccs1)NCCc1nc2ccccc2[nH]1. The minimum absolute atomic E-state index is 0.527. The summed E-state index contributed by atoms with van der Waals surface area (Å²) in [6.45, 7) is 6.81. The maximum Gasteiger partial charge on any atom is 0.191 e. The van der Waals surface area contributed by atoms with Crippen LogP contribution in [0.25, 0.3) is 11.0 Å². The normalized spacial score (nSPS) is 13.1. The molecule has 1 atom stereocenters. The topological polar surface area (TPSA) is 65.1 Å². The number of rotatable bonds is 8. The smallest absolute Gasteiger partial charge is 0.191 e. The first-order valence-electron chi connectivity index (χ1n) is 9.22. The van der Waals surface area contributed by atoms with Crippen LogP contribution in [0.4, 0.5) is 0 Å². The van der Waals surface area contributed by atoms with Crippen LogP contribution in [0.15, 0.2) is 46.8 Å². The van der Waals surface area contributed by atoms with Crippen molar-refractivity contribution in [3.63, 3.8) is 0 Å². The summed E-state index contributed by atoms with van der Waals surface area (Å²) in [5, 5.41) is 8.86. The molecule has 0 aliphatic rings. The van der Waals surface area contributed by atoms with E-state index in [0.29, 0.717) is 5.92 Å². The molecule has 3 N–H and O–H groups in total. The van der Waals surface area contributed by atoms with Gasteiger partial charge in [0.1, 0.15) is 5.82 Å². The van der Waals surface area contributed by atoms with Crippen LogP contribution in [0.5, 0.6) is 0 Å². The quantitative estimate of drug-likeness (QED) is 0.420. The number of thiophene rings is 1. The zero-order chi connectivity index (χ0) is 18.2. The second-order valence-corrected chi connectivity index (χ2v) is 7.52. The maximum absolute atomic E-state index is 4.74. The van der Waals surface area contributed by atoms with Crippen molar-refractivity contribution >= 4 is 28.3 Å². The Morgan fingerprint density at radius 1 is 1.23 bits per heavy atom. The second-order valence-electron chi connectivity index (χ2n) is 6.49. The van der Waals surface area contributed by atoms with Crippen molar-refractivity contribution in [3.05, 3.63) is 52.5 Å². The minimum atomic E-state index is 0.527. The van der Waals surface area contributed by atoms with E-state index in [1.165, 1.54) is 4.88 Å². The standard InChI is InChI=1S/C20H27N5S/c1-3-21-20(23-14-15(2)13-16-7-6-12-26-16)22-11-10-19-24-17-8-4-5-9-18(17)25-19/h4-9,12,15H,3,10-11,13-14H2,1-2H3,(H,24,25)(H2,21,22,23). The van der Waals surface area contributed by atoms with E-state index < -0.39 is 0 Å². The van der Waals surface area contributed by atoms with E-state index >= 15 is 0 Å². The van der Waals surface area contributed by atoms with Crippen molar-refractivity contribution in [2.75, 3.05) is 19.6 Å². The fourth-order valence-corrected chi connectivity index (χ4v) is 3.72. The van der Waals surface area contributed by atoms with E-state index in [0.717, 1.165) is 55.3 Å². The molecule has 0 radical (unpaired) electrons. The highest BCUT2D eigenvalue weighted by molar-refractivity contribution is 7.09. The van der Waals surface area contributed by atoms with E-state index in [1.54, 1.807) is 0 Å². The number of guanidine groups is 1. The summed E-state index contributed by atoms with van der Waals surface area (Å²) in [6, 6.07) is 12.4. The van der Waals surface area contributed by atoms with Crippen molar-refractivity contribution in [1.82, 2.24) is 20.6 Å². The predicted molar refractivity (Wildman–Crippen MR) is 111 cm³/mol. The zero-order valence-corrected chi connectivity index (χ0v) is 16.3. The summed E-state index contributed by atoms with van der Waals surface area (Å²) >= 11 is 1.82. The fraction of sp³-hybridized carbons (Fsp3) is 0.400. The van der Waals surface area contributed by atoms with Gasteiger partial charge in [0.25, 0.3) is 0 Å². The van der Waals surface area contributed by atoms with Crippen LogP contribution in [0.1, 0.15) is 24.5 Å². The van der Waals surface area contributed by atoms with E-state index in [-0.39, 0.29) is 0 Å². The summed E-state index contributed by atoms with van der Waals surface area (Å²) in [6.07, 6.45) is 1.92. The molecule has 2 aromatic heterocycles. The van der Waals surface area contributed by atoms with Crippen LogP contribution in [0.3, 0.4) is 0 Å². The van der Waals surface area contributed by atoms with Gasteiger partial charge in [-0.2, -0.15) is 0 Å². The van der Waals surface area contributed by atoms with Gasteiger partial charge >= 0.3 is 0 Å². The lowest BCUT2D eigenvalue weighted by atomic mass is 10.1. The van der Waals surface area contributed by atoms with E-state index in [2.05, 4.69) is 58.0 Å². The zero-order valence-electron chi connectivity index (χ0n) is 15.5. The number of benzene rings is 1. The molecule has 0 bridgehead atoms. The molecule has 3 aromatic rings. The van der Waals surface area contributed by atoms with Gasteiger partial charge in [0.15, 0.2) is 5.96 Å². The van der Waals surface area contributed by atoms with Gasteiger partial charge in [0, 0.05) is 30.9 Å². The van der Waals surface area contributed by atoms with Crippen LogP contribution in [-0.4, -0.2) is 35.6 Å². The molecule has 138 valence electrons. The van der Waals surface area contributed by atoms with Gasteiger partial charge in [0.2, 0.25) is 0 Å². The Balaban J connectivity index is 1.49. The van der Waals surface area contributed by atoms with Gasteiger partial charge in [-0.25, -0.2) is 4.98 Å². The van der Waals surface area contributed by atoms with Crippen LogP contribution < -0.4 is 10.6 Å². The average molecular weight is 370 g/mol. The molecule has 0 aliphatic carbocycles. The van der Waals surface area contributed by atoms with Gasteiger partial charge in [0.05, 0.1) is 11.0 Å². The summed E-state index contributed by atoms with van der Waals surface area (Å²) in [5.41, 5.74) is 2.11. The molecule has 3 rings (SSSR count). The highest BCUT2D eigenvalue weighted by Crippen LogP contribution is 2.14. The number of aliphatic imine (C=N–C) groups is 1. The lowest BCUT2D eigenvalue weighted by molar-refractivity contribution is 0.594. The highest BCUT2D eigenvalue weighted by Gasteiger charge is 2.06. The first-order chi connectivity index (χ1) is 12.7. The highest BCUT2D eigenvalue weighted by atomic mass is 32.1. The molecule has 0 aliphatic heterocycles. The molecule has 0 fully saturated rings. The van der Waals surface area contributed by atoms with Gasteiger partial charge in [-0.05, 0) is 42.8 Å². The minimum Gasteiger partial charge on any atom is -0.357 e. The number of hydrogen-bond donors (Lipinski definition) is 3. The van der Waals surface area contributed by atoms with Gasteiger partial charge < -0.3 is 15.6 Å². The van der Waals surface area contributed by atoms with Crippen molar-refractivity contribution in [2.24, 2.45) is 10.9 Å². The molecule has 0 spiro atoms. The number of H-pyrrole nitrogens is 1. The largest absolute Gasteiger partial charge is 0.357 e. The lowest BCUT2D eigenvalue weighted by Gasteiger charge is -2.12. The Morgan fingerprint density at radius 3 is 2.88 bits per heavy atom. The third-order valence-electron chi connectivity index (χ3n) is 4.13. The molecular formula is C20H27N5S. The maximum atomic E-state index is 4.74. The fourth-order valence-electron chi connectivity index (χ4n) is 2.85. The number of nitrogens with zero attached hydrogens (tertiary/aromatic N) is 2. The van der Waals surface area contributed by atoms with Crippen molar-refractivity contribution in [3.8, 4) is 0 Å². The molecule has 0 saturated carbocycles. The number of fused-ring (bicyclic) bond motifs is 1.